The van der Waals surface area contributed by atoms with Gasteiger partial charge in [0.2, 0.25) is 0 Å². The standard InChI is InChI=1S/C33H30F4N4O2.C26H26BrF4N3O2.C19H23BrN2O2.C19H24BrNO3/c1-30(2,3)43-29(42)41-14-12-31(13-15-41)19-32(31,22-10-8-20(9-11-22)21-6-5-7-23(16-21)38-4)28-39-26-17-24(33(35,36)37)25(34)18-27(26)40-28;1-23(2,3)36-22(35)34-10-8-24(9-11-34)14-25(24,15-4-6-16(27)7-5-15)21-32-19-12-17(26(29,30)31)18(28)13-20(19)33-21;1-17(2,3)24-16(23)22-10-8-18(9-11-22)12-19(18,13-21)14-4-6-15(20)7-5-14;1-17(2,3)24-16(23)21-10-8-18(9-11-21)12-19(18,13-22)14-4-6-15(20)7-5-14/h5-11,16-18H,12-15,19H2,1-3H3,(H,39,40);4-7,12-13H,8-11,14H2,1-3H3,(H,32,33);4-7H,8-12H2,1-3H3;4-7,13H,8-12H2,1-3H3. The number of likely N-dealkylation sites (tertiary alicyclic amines) is 4. The number of hydrogen-bond acceptors (Lipinski definition) is 12. The molecular formula is C97H103Br3F8N10O9. The van der Waals surface area contributed by atoms with Gasteiger partial charge in [-0.3, -0.25) is 0 Å². The number of carbonyl (C=O) groups excluding carboxylic acids is 5. The summed E-state index contributed by atoms with van der Waals surface area (Å²) in [6.45, 7) is 34.1. The second-order valence-corrected chi connectivity index (χ2v) is 42.0. The molecule has 4 amide bonds. The summed E-state index contributed by atoms with van der Waals surface area (Å²) in [6, 6.07) is 45.0. The summed E-state index contributed by atoms with van der Waals surface area (Å²) in [4.78, 5) is 87.6. The molecule has 0 bridgehead atoms. The first-order valence-electron chi connectivity index (χ1n) is 42.6. The molecular weight excluding hydrogens is 1840 g/mol. The van der Waals surface area contributed by atoms with Crippen LogP contribution >= 0.6 is 47.8 Å². The highest BCUT2D eigenvalue weighted by atomic mass is 79.9. The van der Waals surface area contributed by atoms with Crippen LogP contribution in [0.5, 0.6) is 0 Å². The fourth-order valence-electron chi connectivity index (χ4n) is 19.9. The van der Waals surface area contributed by atoms with Crippen LogP contribution in [0, 0.1) is 51.2 Å². The monoisotopic (exact) mass is 1940 g/mol. The molecule has 4 unspecified atom stereocenters. The number of nitrogens with one attached hydrogen (secondary N) is 2. The SMILES string of the molecule is CC(C)(C)OC(=O)N1CCC2(CC1)CC2(C#N)c1ccc(Br)cc1.CC(C)(C)OC(=O)N1CCC2(CC1)CC2(C=O)c1ccc(Br)cc1.CC(C)(C)OC(=O)N1CCC2(CC1)CC2(c1ccc(Br)cc1)c1nc2cc(F)c(C(F)(F)F)cc2[nH]1.[C-]#[N+]c1cccc(-c2ccc(C3(c4nc5cc(F)c(C(F)(F)F)cc5[nH]4)CC34CCN(C(=O)OC(C)(C)C)CC4)cc2)c1. The number of halogens is 11. The van der Waals surface area contributed by atoms with Gasteiger partial charge in [-0.25, -0.2) is 42.8 Å². The highest BCUT2D eigenvalue weighted by Gasteiger charge is 2.73. The van der Waals surface area contributed by atoms with Crippen molar-refractivity contribution in [3.8, 4) is 17.2 Å². The van der Waals surface area contributed by atoms with E-state index in [1.54, 1.807) is 25.7 Å². The molecule has 2 aromatic heterocycles. The molecule has 17 rings (SSSR count). The molecule has 8 fully saturated rings. The molecule has 4 atom stereocenters. The Morgan fingerprint density at radius 2 is 0.772 bits per heavy atom. The molecule has 4 spiro atoms. The average molecular weight is 1940 g/mol. The van der Waals surface area contributed by atoms with Crippen LogP contribution < -0.4 is 0 Å². The van der Waals surface area contributed by atoms with E-state index in [2.05, 4.69) is 78.6 Å². The summed E-state index contributed by atoms with van der Waals surface area (Å²) in [5.41, 5.74) is -0.417. The number of carbonyl (C=O) groups is 5. The molecule has 4 saturated heterocycles. The van der Waals surface area contributed by atoms with E-state index in [0.29, 0.717) is 102 Å². The summed E-state index contributed by atoms with van der Waals surface area (Å²) < 4.78 is 134. The number of ether oxygens (including phenoxy) is 4. The maximum atomic E-state index is 14.5. The Bertz CT molecular complexity index is 5760. The molecule has 4 saturated carbocycles. The van der Waals surface area contributed by atoms with E-state index >= 15 is 0 Å². The number of nitrogens with zero attached hydrogens (tertiary/aromatic N) is 8. The van der Waals surface area contributed by atoms with Crippen molar-refractivity contribution in [2.45, 2.75) is 217 Å². The predicted molar refractivity (Wildman–Crippen MR) is 476 cm³/mol. The van der Waals surface area contributed by atoms with Crippen molar-refractivity contribution in [3.05, 3.63) is 227 Å². The Kier molecular flexibility index (Phi) is 24.9. The molecule has 7 aromatic carbocycles. The van der Waals surface area contributed by atoms with Crippen molar-refractivity contribution < 1.29 is 78.0 Å². The van der Waals surface area contributed by atoms with Gasteiger partial charge in [-0.1, -0.05) is 127 Å². The van der Waals surface area contributed by atoms with E-state index in [-0.39, 0.29) is 73.5 Å². The van der Waals surface area contributed by atoms with Gasteiger partial charge in [0, 0.05) is 77.9 Å². The fraction of sp³-hybridized carbons (Fsp3) is 0.474. The van der Waals surface area contributed by atoms with E-state index in [9.17, 15) is 64.4 Å². The lowest BCUT2D eigenvalue weighted by atomic mass is 9.79. The van der Waals surface area contributed by atoms with Crippen molar-refractivity contribution in [1.29, 1.82) is 5.26 Å². The van der Waals surface area contributed by atoms with Crippen LogP contribution in [-0.2, 0) is 57.8 Å². The van der Waals surface area contributed by atoms with E-state index in [1.165, 1.54) is 0 Å². The molecule has 30 heteroatoms. The highest BCUT2D eigenvalue weighted by Crippen LogP contribution is 2.75. The third kappa shape index (κ3) is 18.7. The summed E-state index contributed by atoms with van der Waals surface area (Å²) in [7, 11) is 0. The summed E-state index contributed by atoms with van der Waals surface area (Å²) in [5.74, 6) is -1.71. The molecule has 19 nitrogen and oxygen atoms in total. The third-order valence-corrected chi connectivity index (χ3v) is 28.3. The molecule has 9 aromatic rings. The van der Waals surface area contributed by atoms with Crippen LogP contribution in [0.1, 0.15) is 205 Å². The van der Waals surface area contributed by atoms with Crippen molar-refractivity contribution >= 4 is 106 Å². The number of rotatable bonds is 8. The zero-order chi connectivity index (χ0) is 92.1. The molecule has 4 aliphatic heterocycles. The highest BCUT2D eigenvalue weighted by molar-refractivity contribution is 9.11. The van der Waals surface area contributed by atoms with E-state index in [4.69, 9.17) is 25.5 Å². The number of aromatic nitrogens is 4. The lowest BCUT2D eigenvalue weighted by Crippen LogP contribution is -2.43. The van der Waals surface area contributed by atoms with Gasteiger partial charge in [0.15, 0.2) is 5.69 Å². The van der Waals surface area contributed by atoms with Gasteiger partial charge in [0.25, 0.3) is 0 Å². The number of hydrogen-bond donors (Lipinski definition) is 2. The topological polar surface area (TPSA) is 221 Å². The van der Waals surface area contributed by atoms with Gasteiger partial charge in [-0.05, 0) is 270 Å². The number of piperidine rings is 4. The van der Waals surface area contributed by atoms with E-state index < -0.39 is 73.8 Å². The lowest BCUT2D eigenvalue weighted by Gasteiger charge is -2.36. The maximum absolute atomic E-state index is 14.5. The van der Waals surface area contributed by atoms with Gasteiger partial charge in [-0.2, -0.15) is 31.6 Å². The zero-order valence-corrected chi connectivity index (χ0v) is 77.7. The van der Waals surface area contributed by atoms with E-state index in [0.717, 1.165) is 122 Å². The minimum atomic E-state index is -4.84. The van der Waals surface area contributed by atoms with Crippen molar-refractivity contribution in [2.24, 2.45) is 21.7 Å². The number of amides is 4. The van der Waals surface area contributed by atoms with Gasteiger partial charge in [-0.15, -0.1) is 0 Å². The minimum Gasteiger partial charge on any atom is -0.444 e. The molecule has 6 heterocycles. The average Bonchev–Trinajstić information content (AvgIpc) is 1.53. The summed E-state index contributed by atoms with van der Waals surface area (Å²) >= 11 is 10.3. The summed E-state index contributed by atoms with van der Waals surface area (Å²) in [5, 5.41) is 9.86. The van der Waals surface area contributed by atoms with Gasteiger partial charge in [0.1, 0.15) is 52.0 Å². The number of alkyl halides is 6. The quantitative estimate of drug-likeness (QED) is 0.0628. The Morgan fingerprint density at radius 1 is 0.441 bits per heavy atom. The number of imidazole rings is 2. The second-order valence-electron chi connectivity index (χ2n) is 39.2. The first kappa shape index (κ1) is 93.2. The number of aromatic amines is 2. The minimum absolute atomic E-state index is 0.00108. The van der Waals surface area contributed by atoms with Gasteiger partial charge < -0.3 is 53.3 Å². The zero-order valence-electron chi connectivity index (χ0n) is 73.0. The summed E-state index contributed by atoms with van der Waals surface area (Å²) in [6.07, 6.45) is -0.530. The van der Waals surface area contributed by atoms with Crippen LogP contribution in [-0.4, -0.2) is 145 Å². The largest absolute Gasteiger partial charge is 0.444 e. The normalized spacial score (nSPS) is 22.4. The molecule has 127 heavy (non-hydrogen) atoms. The Labute approximate surface area is 759 Å². The van der Waals surface area contributed by atoms with Crippen molar-refractivity contribution in [3.63, 3.8) is 0 Å². The first-order valence-corrected chi connectivity index (χ1v) is 45.0. The Balaban J connectivity index is 0.000000141. The molecule has 4 aliphatic carbocycles. The second kappa shape index (κ2) is 33.9. The number of nitriles is 1. The fourth-order valence-corrected chi connectivity index (χ4v) is 20.7. The first-order chi connectivity index (χ1) is 59.4. The van der Waals surface area contributed by atoms with Crippen LogP contribution in [0.25, 0.3) is 38.0 Å². The number of benzene rings is 7. The van der Waals surface area contributed by atoms with Crippen molar-refractivity contribution in [1.82, 2.24) is 39.5 Å². The number of H-pyrrole nitrogens is 2. The third-order valence-electron chi connectivity index (χ3n) is 26.8. The smallest absolute Gasteiger partial charge is 0.419 e. The molecule has 8 aliphatic rings. The maximum Gasteiger partial charge on any atom is 0.419 e. The molecule has 0 radical (unpaired) electrons. The van der Waals surface area contributed by atoms with Crippen LogP contribution in [0.4, 0.5) is 60.0 Å². The Hall–Kier alpha value is -9.91. The molecule has 672 valence electrons. The number of aldehydes is 1. The predicted octanol–water partition coefficient (Wildman–Crippen LogP) is 24.8. The molecule has 2 N–H and O–H groups in total. The lowest BCUT2D eigenvalue weighted by molar-refractivity contribution is -0.140. The van der Waals surface area contributed by atoms with Crippen LogP contribution in [0.2, 0.25) is 0 Å². The van der Waals surface area contributed by atoms with E-state index in [1.807, 2.05) is 198 Å². The van der Waals surface area contributed by atoms with Gasteiger partial charge >= 0.3 is 36.7 Å². The number of fused-ring (bicyclic) bond motifs is 2. The van der Waals surface area contributed by atoms with Gasteiger partial charge in [0.05, 0.1) is 67.5 Å². The Morgan fingerprint density at radius 3 is 1.10 bits per heavy atom. The van der Waals surface area contributed by atoms with Crippen LogP contribution in [0.3, 0.4) is 0 Å². The van der Waals surface area contributed by atoms with Crippen LogP contribution in [0.15, 0.2) is 159 Å². The van der Waals surface area contributed by atoms with Crippen molar-refractivity contribution in [2.75, 3.05) is 52.4 Å².